The van der Waals surface area contributed by atoms with E-state index < -0.39 is 10.0 Å². The Bertz CT molecular complexity index is 1030. The third kappa shape index (κ3) is 4.74. The van der Waals surface area contributed by atoms with Gasteiger partial charge in [-0.25, -0.2) is 18.4 Å². The predicted octanol–water partition coefficient (Wildman–Crippen LogP) is 4.16. The number of para-hydroxylation sites is 2. The predicted molar refractivity (Wildman–Crippen MR) is 106 cm³/mol. The van der Waals surface area contributed by atoms with Gasteiger partial charge in [0.05, 0.1) is 22.5 Å². The fourth-order valence-corrected chi connectivity index (χ4v) is 3.45. The number of hydrogen-bond acceptors (Lipinski definition) is 5. The van der Waals surface area contributed by atoms with E-state index in [1.165, 1.54) is 0 Å². The number of nitrogens with one attached hydrogen (secondary N) is 1. The molecule has 0 bridgehead atoms. The second-order valence-corrected chi connectivity index (χ2v) is 8.50. The van der Waals surface area contributed by atoms with Gasteiger partial charge in [-0.2, -0.15) is 0 Å². The van der Waals surface area contributed by atoms with Crippen LogP contribution in [0.2, 0.25) is 0 Å². The van der Waals surface area contributed by atoms with Crippen molar-refractivity contribution in [1.29, 1.82) is 0 Å². The van der Waals surface area contributed by atoms with Crippen LogP contribution in [0, 0.1) is 12.8 Å². The average Bonchev–Trinajstić information content (AvgIpc) is 2.62. The molecule has 0 atom stereocenters. The Balaban J connectivity index is 1.96. The van der Waals surface area contributed by atoms with E-state index in [1.807, 2.05) is 25.1 Å². The molecule has 3 rings (SSSR count). The molecule has 7 heteroatoms. The van der Waals surface area contributed by atoms with Gasteiger partial charge < -0.3 is 4.74 Å². The van der Waals surface area contributed by atoms with E-state index in [9.17, 15) is 8.42 Å². The number of rotatable bonds is 7. The Morgan fingerprint density at radius 3 is 2.26 bits per heavy atom. The first-order chi connectivity index (χ1) is 12.8. The van der Waals surface area contributed by atoms with Crippen LogP contribution in [-0.4, -0.2) is 25.0 Å². The van der Waals surface area contributed by atoms with Crippen molar-refractivity contribution in [2.45, 2.75) is 32.1 Å². The van der Waals surface area contributed by atoms with Crippen LogP contribution in [0.25, 0.3) is 11.0 Å². The summed E-state index contributed by atoms with van der Waals surface area (Å²) >= 11 is 0. The van der Waals surface area contributed by atoms with Gasteiger partial charge in [-0.3, -0.25) is 4.72 Å². The summed E-state index contributed by atoms with van der Waals surface area (Å²) in [7, 11) is -3.80. The summed E-state index contributed by atoms with van der Waals surface area (Å²) in [5.74, 6) is 0.745. The van der Waals surface area contributed by atoms with Gasteiger partial charge in [0.2, 0.25) is 5.82 Å². The molecule has 0 radical (unpaired) electrons. The van der Waals surface area contributed by atoms with Crippen molar-refractivity contribution in [3.8, 4) is 5.88 Å². The highest BCUT2D eigenvalue weighted by Crippen LogP contribution is 2.26. The zero-order valence-corrected chi connectivity index (χ0v) is 16.5. The number of anilines is 1. The van der Waals surface area contributed by atoms with E-state index in [1.54, 1.807) is 30.3 Å². The minimum absolute atomic E-state index is 0.0954. The smallest absolute Gasteiger partial charge is 0.263 e. The van der Waals surface area contributed by atoms with E-state index in [-0.39, 0.29) is 16.6 Å². The standard InChI is InChI=1S/C20H23N3O3S/c1-14(2)12-13-26-20-19(21-17-6-4-5-7-18(17)22-20)23-27(24,25)16-10-8-15(3)9-11-16/h4-11,14H,12-13H2,1-3H3,(H,21,23). The van der Waals surface area contributed by atoms with Crippen LogP contribution in [-0.2, 0) is 10.0 Å². The zero-order valence-electron chi connectivity index (χ0n) is 15.6. The van der Waals surface area contributed by atoms with Gasteiger partial charge in [-0.15, -0.1) is 0 Å². The van der Waals surface area contributed by atoms with Gasteiger partial charge in [-0.1, -0.05) is 43.7 Å². The lowest BCUT2D eigenvalue weighted by Gasteiger charge is -2.14. The van der Waals surface area contributed by atoms with Crippen molar-refractivity contribution < 1.29 is 13.2 Å². The van der Waals surface area contributed by atoms with Crippen molar-refractivity contribution in [1.82, 2.24) is 9.97 Å². The highest BCUT2D eigenvalue weighted by atomic mass is 32.2. The number of fused-ring (bicyclic) bond motifs is 1. The summed E-state index contributed by atoms with van der Waals surface area (Å²) in [6.07, 6.45) is 0.832. The molecule has 0 saturated carbocycles. The molecule has 0 aliphatic rings. The van der Waals surface area contributed by atoms with Gasteiger partial charge in [0.1, 0.15) is 0 Å². The maximum atomic E-state index is 12.7. The van der Waals surface area contributed by atoms with Gasteiger partial charge in [0, 0.05) is 0 Å². The molecule has 27 heavy (non-hydrogen) atoms. The van der Waals surface area contributed by atoms with Crippen LogP contribution in [0.3, 0.4) is 0 Å². The van der Waals surface area contributed by atoms with Crippen LogP contribution in [0.1, 0.15) is 25.8 Å². The van der Waals surface area contributed by atoms with E-state index >= 15 is 0 Å². The molecule has 0 aliphatic heterocycles. The van der Waals surface area contributed by atoms with Gasteiger partial charge >= 0.3 is 0 Å². The lowest BCUT2D eigenvalue weighted by atomic mass is 10.1. The van der Waals surface area contributed by atoms with Crippen LogP contribution >= 0.6 is 0 Å². The zero-order chi connectivity index (χ0) is 19.4. The number of nitrogens with zero attached hydrogens (tertiary/aromatic N) is 2. The average molecular weight is 385 g/mol. The van der Waals surface area contributed by atoms with E-state index in [2.05, 4.69) is 28.5 Å². The monoisotopic (exact) mass is 385 g/mol. The van der Waals surface area contributed by atoms with Crippen LogP contribution < -0.4 is 9.46 Å². The molecule has 0 aliphatic carbocycles. The van der Waals surface area contributed by atoms with Crippen LogP contribution in [0.15, 0.2) is 53.4 Å². The first-order valence-electron chi connectivity index (χ1n) is 8.84. The topological polar surface area (TPSA) is 81.2 Å². The number of ether oxygens (including phenoxy) is 1. The molecule has 1 heterocycles. The van der Waals surface area contributed by atoms with Crippen molar-refractivity contribution in [3.05, 3.63) is 54.1 Å². The molecule has 0 unspecified atom stereocenters. The molecule has 0 fully saturated rings. The Morgan fingerprint density at radius 1 is 1.00 bits per heavy atom. The van der Waals surface area contributed by atoms with E-state index in [0.717, 1.165) is 12.0 Å². The summed E-state index contributed by atoms with van der Waals surface area (Å²) in [6, 6.07) is 13.9. The SMILES string of the molecule is Cc1ccc(S(=O)(=O)Nc2nc3ccccc3nc2OCCC(C)C)cc1. The molecular weight excluding hydrogens is 362 g/mol. The minimum Gasteiger partial charge on any atom is -0.475 e. The van der Waals surface area contributed by atoms with Gasteiger partial charge in [0.25, 0.3) is 15.9 Å². The highest BCUT2D eigenvalue weighted by molar-refractivity contribution is 7.92. The molecule has 1 N–H and O–H groups in total. The molecule has 142 valence electrons. The van der Waals surface area contributed by atoms with Crippen molar-refractivity contribution in [2.75, 3.05) is 11.3 Å². The third-order valence-corrected chi connectivity index (χ3v) is 5.39. The Hall–Kier alpha value is -2.67. The minimum atomic E-state index is -3.80. The lowest BCUT2D eigenvalue weighted by molar-refractivity contribution is 0.281. The molecule has 0 saturated heterocycles. The number of aromatic nitrogens is 2. The summed E-state index contributed by atoms with van der Waals surface area (Å²) in [6.45, 7) is 6.52. The molecule has 2 aromatic carbocycles. The van der Waals surface area contributed by atoms with Gasteiger partial charge in [0.15, 0.2) is 0 Å². The number of hydrogen-bond donors (Lipinski definition) is 1. The van der Waals surface area contributed by atoms with Crippen LogP contribution in [0.4, 0.5) is 5.82 Å². The number of benzene rings is 2. The fourth-order valence-electron chi connectivity index (χ4n) is 2.45. The van der Waals surface area contributed by atoms with E-state index in [4.69, 9.17) is 4.74 Å². The first kappa shape index (κ1) is 19.1. The maximum Gasteiger partial charge on any atom is 0.263 e. The molecule has 3 aromatic rings. The van der Waals surface area contributed by atoms with Crippen molar-refractivity contribution in [2.24, 2.45) is 5.92 Å². The largest absolute Gasteiger partial charge is 0.475 e. The van der Waals surface area contributed by atoms with Crippen molar-refractivity contribution >= 4 is 26.9 Å². The quantitative estimate of drug-likeness (QED) is 0.660. The normalized spacial score (nSPS) is 11.7. The third-order valence-electron chi connectivity index (χ3n) is 4.03. The fraction of sp³-hybridized carbons (Fsp3) is 0.300. The molecule has 6 nitrogen and oxygen atoms in total. The number of sulfonamides is 1. The summed E-state index contributed by atoms with van der Waals surface area (Å²) < 4.78 is 33.8. The Morgan fingerprint density at radius 2 is 1.63 bits per heavy atom. The summed E-state index contributed by atoms with van der Waals surface area (Å²) in [5, 5.41) is 0. The first-order valence-corrected chi connectivity index (χ1v) is 10.3. The Labute approximate surface area is 159 Å². The van der Waals surface area contributed by atoms with Crippen LogP contribution in [0.5, 0.6) is 5.88 Å². The molecule has 0 amide bonds. The lowest BCUT2D eigenvalue weighted by Crippen LogP contribution is -2.16. The summed E-state index contributed by atoms with van der Waals surface area (Å²) in [4.78, 5) is 9.04. The van der Waals surface area contributed by atoms with Crippen molar-refractivity contribution in [3.63, 3.8) is 0 Å². The maximum absolute atomic E-state index is 12.7. The second kappa shape index (κ2) is 7.92. The van der Waals surface area contributed by atoms with Gasteiger partial charge in [-0.05, 0) is 43.5 Å². The highest BCUT2D eigenvalue weighted by Gasteiger charge is 2.19. The molecule has 1 aromatic heterocycles. The molecular formula is C20H23N3O3S. The number of aryl methyl sites for hydroxylation is 1. The Kier molecular flexibility index (Phi) is 5.60. The molecule has 0 spiro atoms. The second-order valence-electron chi connectivity index (χ2n) is 6.82. The summed E-state index contributed by atoms with van der Waals surface area (Å²) in [5.41, 5.74) is 2.22. The van der Waals surface area contributed by atoms with E-state index in [0.29, 0.717) is 23.6 Å².